The molecule has 150 valence electrons. The van der Waals surface area contributed by atoms with Crippen molar-refractivity contribution in [2.45, 2.75) is 6.92 Å². The van der Waals surface area contributed by atoms with E-state index in [-0.39, 0.29) is 5.97 Å². The molecule has 0 aliphatic heterocycles. The zero-order valence-corrected chi connectivity index (χ0v) is 16.4. The molecule has 0 fully saturated rings. The summed E-state index contributed by atoms with van der Waals surface area (Å²) in [6.45, 7) is 2.12. The highest BCUT2D eigenvalue weighted by Gasteiger charge is 2.09. The van der Waals surface area contributed by atoms with E-state index in [1.54, 1.807) is 63.7 Å². The van der Waals surface area contributed by atoms with Crippen molar-refractivity contribution in [2.75, 3.05) is 31.5 Å². The lowest BCUT2D eigenvalue weighted by Gasteiger charge is -2.12. The Balaban J connectivity index is 1.72. The van der Waals surface area contributed by atoms with Crippen molar-refractivity contribution in [2.24, 2.45) is 0 Å². The van der Waals surface area contributed by atoms with E-state index in [4.69, 9.17) is 14.2 Å². The smallest absolute Gasteiger partial charge is 0.338 e. The van der Waals surface area contributed by atoms with Crippen molar-refractivity contribution in [3.8, 4) is 11.5 Å². The van der Waals surface area contributed by atoms with Gasteiger partial charge in [-0.15, -0.1) is 0 Å². The lowest BCUT2D eigenvalue weighted by Crippen LogP contribution is -2.04. The molecule has 0 saturated heterocycles. The first kappa shape index (κ1) is 19.9. The minimum absolute atomic E-state index is 0.342. The van der Waals surface area contributed by atoms with Crippen LogP contribution in [0.15, 0.2) is 54.7 Å². The molecular formula is C21H22N4O4. The van der Waals surface area contributed by atoms with Crippen molar-refractivity contribution in [3.05, 3.63) is 60.3 Å². The summed E-state index contributed by atoms with van der Waals surface area (Å²) in [6.07, 6.45) is 1.64. The largest absolute Gasteiger partial charge is 0.497 e. The fourth-order valence-corrected chi connectivity index (χ4v) is 2.56. The second-order valence-corrected chi connectivity index (χ2v) is 5.88. The number of anilines is 4. The van der Waals surface area contributed by atoms with Crippen molar-refractivity contribution < 1.29 is 19.0 Å². The van der Waals surface area contributed by atoms with Crippen LogP contribution < -0.4 is 20.1 Å². The van der Waals surface area contributed by atoms with E-state index in [9.17, 15) is 4.79 Å². The van der Waals surface area contributed by atoms with Gasteiger partial charge in [0.05, 0.1) is 32.1 Å². The number of carbonyl (C=O) groups excluding carboxylic acids is 1. The Morgan fingerprint density at radius 3 is 2.48 bits per heavy atom. The predicted octanol–water partition coefficient (Wildman–Crippen LogP) is 4.16. The van der Waals surface area contributed by atoms with E-state index in [0.29, 0.717) is 41.1 Å². The van der Waals surface area contributed by atoms with Gasteiger partial charge in [0.15, 0.2) is 0 Å². The average molecular weight is 394 g/mol. The summed E-state index contributed by atoms with van der Waals surface area (Å²) in [6, 6.07) is 14.1. The minimum atomic E-state index is -0.346. The summed E-state index contributed by atoms with van der Waals surface area (Å²) >= 11 is 0. The molecule has 8 heteroatoms. The summed E-state index contributed by atoms with van der Waals surface area (Å²) in [5, 5.41) is 6.32. The maximum Gasteiger partial charge on any atom is 0.338 e. The fraction of sp³-hybridized carbons (Fsp3) is 0.190. The molecule has 0 amide bonds. The standard InChI is InChI=1S/C21H22N4O4/c1-4-29-20(26)14-5-7-15(8-6-14)23-19-11-12-22-21(25-19)24-17-10-9-16(27-2)13-18(17)28-3/h5-13H,4H2,1-3H3,(H2,22,23,24,25). The number of aromatic nitrogens is 2. The van der Waals surface area contributed by atoms with Gasteiger partial charge in [-0.25, -0.2) is 9.78 Å². The second kappa shape index (κ2) is 9.41. The highest BCUT2D eigenvalue weighted by atomic mass is 16.5. The van der Waals surface area contributed by atoms with Gasteiger partial charge >= 0.3 is 5.97 Å². The molecule has 1 heterocycles. The van der Waals surface area contributed by atoms with Gasteiger partial charge < -0.3 is 24.8 Å². The summed E-state index contributed by atoms with van der Waals surface area (Å²) in [5.74, 6) is 1.96. The van der Waals surface area contributed by atoms with Crippen LogP contribution in [-0.2, 0) is 4.74 Å². The molecule has 0 bridgehead atoms. The van der Waals surface area contributed by atoms with Crippen LogP contribution >= 0.6 is 0 Å². The monoisotopic (exact) mass is 394 g/mol. The quantitative estimate of drug-likeness (QED) is 0.550. The zero-order chi connectivity index (χ0) is 20.6. The van der Waals surface area contributed by atoms with Gasteiger partial charge in [0.1, 0.15) is 17.3 Å². The van der Waals surface area contributed by atoms with Crippen LogP contribution in [0.2, 0.25) is 0 Å². The molecule has 0 spiro atoms. The lowest BCUT2D eigenvalue weighted by molar-refractivity contribution is 0.0526. The fourth-order valence-electron chi connectivity index (χ4n) is 2.56. The summed E-state index contributed by atoms with van der Waals surface area (Å²) in [4.78, 5) is 20.4. The van der Waals surface area contributed by atoms with Crippen molar-refractivity contribution in [1.29, 1.82) is 0 Å². The van der Waals surface area contributed by atoms with Gasteiger partial charge in [-0.05, 0) is 49.4 Å². The van der Waals surface area contributed by atoms with Gasteiger partial charge in [-0.1, -0.05) is 0 Å². The van der Waals surface area contributed by atoms with Crippen LogP contribution in [0.4, 0.5) is 23.1 Å². The van der Waals surface area contributed by atoms with Crippen LogP contribution in [-0.4, -0.2) is 36.8 Å². The summed E-state index contributed by atoms with van der Waals surface area (Å²) < 4.78 is 15.6. The number of benzene rings is 2. The number of nitrogens with one attached hydrogen (secondary N) is 2. The van der Waals surface area contributed by atoms with E-state index in [2.05, 4.69) is 20.6 Å². The second-order valence-electron chi connectivity index (χ2n) is 5.88. The number of esters is 1. The predicted molar refractivity (Wildman–Crippen MR) is 111 cm³/mol. The van der Waals surface area contributed by atoms with Gasteiger partial charge in [-0.2, -0.15) is 4.98 Å². The van der Waals surface area contributed by atoms with Crippen molar-refractivity contribution >= 4 is 29.1 Å². The first-order chi connectivity index (χ1) is 14.1. The molecule has 0 aliphatic rings. The zero-order valence-electron chi connectivity index (χ0n) is 16.4. The van der Waals surface area contributed by atoms with Crippen LogP contribution in [0.25, 0.3) is 0 Å². The molecule has 0 aliphatic carbocycles. The molecule has 0 saturated carbocycles. The van der Waals surface area contributed by atoms with Crippen LogP contribution in [0.1, 0.15) is 17.3 Å². The summed E-state index contributed by atoms with van der Waals surface area (Å²) in [7, 11) is 3.18. The molecule has 2 N–H and O–H groups in total. The minimum Gasteiger partial charge on any atom is -0.497 e. The van der Waals surface area contributed by atoms with Crippen LogP contribution in [0.3, 0.4) is 0 Å². The number of carbonyl (C=O) groups is 1. The van der Waals surface area contributed by atoms with Crippen LogP contribution in [0, 0.1) is 0 Å². The van der Waals surface area contributed by atoms with Crippen LogP contribution in [0.5, 0.6) is 11.5 Å². The molecule has 3 rings (SSSR count). The Kier molecular flexibility index (Phi) is 6.47. The Labute approximate surface area is 168 Å². The third kappa shape index (κ3) is 5.13. The van der Waals surface area contributed by atoms with Gasteiger partial charge in [-0.3, -0.25) is 0 Å². The Bertz CT molecular complexity index is 977. The number of methoxy groups -OCH3 is 2. The van der Waals surface area contributed by atoms with Gasteiger partial charge in [0.2, 0.25) is 5.95 Å². The normalized spacial score (nSPS) is 10.2. The van der Waals surface area contributed by atoms with E-state index >= 15 is 0 Å². The van der Waals surface area contributed by atoms with Gasteiger partial charge in [0, 0.05) is 18.0 Å². The molecule has 8 nitrogen and oxygen atoms in total. The number of ether oxygens (including phenoxy) is 3. The number of hydrogen-bond acceptors (Lipinski definition) is 8. The topological polar surface area (TPSA) is 94.6 Å². The molecule has 3 aromatic rings. The third-order valence-corrected chi connectivity index (χ3v) is 3.98. The molecule has 29 heavy (non-hydrogen) atoms. The van der Waals surface area contributed by atoms with Gasteiger partial charge in [0.25, 0.3) is 0 Å². The SMILES string of the molecule is CCOC(=O)c1ccc(Nc2ccnc(Nc3ccc(OC)cc3OC)n2)cc1. The molecule has 2 aromatic carbocycles. The lowest BCUT2D eigenvalue weighted by atomic mass is 10.2. The number of nitrogens with zero attached hydrogens (tertiary/aromatic N) is 2. The van der Waals surface area contributed by atoms with E-state index in [1.807, 2.05) is 12.1 Å². The molecule has 1 aromatic heterocycles. The van der Waals surface area contributed by atoms with E-state index in [0.717, 1.165) is 5.69 Å². The molecular weight excluding hydrogens is 372 g/mol. The number of hydrogen-bond donors (Lipinski definition) is 2. The number of rotatable bonds is 8. The summed E-state index contributed by atoms with van der Waals surface area (Å²) in [5.41, 5.74) is 1.99. The Hall–Kier alpha value is -3.81. The molecule has 0 unspecified atom stereocenters. The van der Waals surface area contributed by atoms with Crippen molar-refractivity contribution in [1.82, 2.24) is 9.97 Å². The first-order valence-electron chi connectivity index (χ1n) is 8.99. The van der Waals surface area contributed by atoms with E-state index < -0.39 is 0 Å². The molecule has 0 atom stereocenters. The Morgan fingerprint density at radius 2 is 1.79 bits per heavy atom. The van der Waals surface area contributed by atoms with E-state index in [1.165, 1.54) is 0 Å². The van der Waals surface area contributed by atoms with Crippen molar-refractivity contribution in [3.63, 3.8) is 0 Å². The Morgan fingerprint density at radius 1 is 1.00 bits per heavy atom. The first-order valence-corrected chi connectivity index (χ1v) is 8.99. The highest BCUT2D eigenvalue weighted by molar-refractivity contribution is 5.89. The third-order valence-electron chi connectivity index (χ3n) is 3.98. The molecule has 0 radical (unpaired) electrons. The average Bonchev–Trinajstić information content (AvgIpc) is 2.75. The highest BCUT2D eigenvalue weighted by Crippen LogP contribution is 2.30. The maximum atomic E-state index is 11.7. The maximum absolute atomic E-state index is 11.7.